The number of halogens is 3. The maximum Gasteiger partial charge on any atom is 0.505 e. The van der Waals surface area contributed by atoms with Crippen molar-refractivity contribution in [1.29, 1.82) is 0 Å². The van der Waals surface area contributed by atoms with Gasteiger partial charge >= 0.3 is 6.30 Å². The third kappa shape index (κ3) is 2.06. The topological polar surface area (TPSA) is 63.0 Å². The molecule has 8 heteroatoms. The summed E-state index contributed by atoms with van der Waals surface area (Å²) in [7, 11) is 0. The predicted molar refractivity (Wildman–Crippen MR) is 60.2 cm³/mol. The predicted octanol–water partition coefficient (Wildman–Crippen LogP) is 1.30. The molecule has 0 spiro atoms. The van der Waals surface area contributed by atoms with E-state index in [0.29, 0.717) is 18.5 Å². The normalized spacial score (nSPS) is 24.2. The van der Waals surface area contributed by atoms with E-state index in [9.17, 15) is 18.3 Å². The zero-order valence-electron chi connectivity index (χ0n) is 9.72. The summed E-state index contributed by atoms with van der Waals surface area (Å²) in [5.74, 6) is 0. The summed E-state index contributed by atoms with van der Waals surface area (Å²) in [4.78, 5) is 3.89. The Kier molecular flexibility index (Phi) is 2.72. The minimum atomic E-state index is -4.59. The number of pyridine rings is 1. The van der Waals surface area contributed by atoms with Crippen LogP contribution in [0, 0.1) is 0 Å². The van der Waals surface area contributed by atoms with Crippen LogP contribution < -0.4 is 5.32 Å². The third-order valence-corrected chi connectivity index (χ3v) is 3.21. The molecule has 5 nitrogen and oxygen atoms in total. The van der Waals surface area contributed by atoms with Gasteiger partial charge in [-0.1, -0.05) is 0 Å². The van der Waals surface area contributed by atoms with Crippen LogP contribution in [-0.2, 0) is 6.30 Å². The van der Waals surface area contributed by atoms with Crippen LogP contribution in [0.15, 0.2) is 18.5 Å². The molecule has 0 aliphatic carbocycles. The molecule has 3 rings (SSSR count). The Labute approximate surface area is 106 Å². The Morgan fingerprint density at radius 2 is 2.21 bits per heavy atom. The van der Waals surface area contributed by atoms with Crippen molar-refractivity contribution < 1.29 is 18.3 Å². The Bertz CT molecular complexity index is 609. The second kappa shape index (κ2) is 4.17. The van der Waals surface area contributed by atoms with Crippen LogP contribution >= 0.6 is 0 Å². The highest BCUT2D eigenvalue weighted by atomic mass is 19.4. The minimum Gasteiger partial charge on any atom is -0.392 e. The van der Waals surface area contributed by atoms with Crippen LogP contribution in [-0.4, -0.2) is 32.5 Å². The lowest BCUT2D eigenvalue weighted by atomic mass is 10.0. The van der Waals surface area contributed by atoms with E-state index in [1.807, 2.05) is 0 Å². The van der Waals surface area contributed by atoms with Gasteiger partial charge in [-0.25, -0.2) is 0 Å². The van der Waals surface area contributed by atoms with Gasteiger partial charge in [-0.15, -0.1) is 13.2 Å². The molecule has 2 atom stereocenters. The molecule has 2 unspecified atom stereocenters. The number of aliphatic hydroxyl groups excluding tert-OH is 1. The van der Waals surface area contributed by atoms with E-state index in [4.69, 9.17) is 0 Å². The standard InChI is InChI=1S/C11H11F3N4O/c12-11(13,14)18-10-7(8-3-6(19)4-16-8)1-2-15-9(10)5-17-18/h1-2,5-6,8,16,19H,3-4H2. The van der Waals surface area contributed by atoms with Gasteiger partial charge in [0.1, 0.15) is 11.0 Å². The number of rotatable bonds is 1. The van der Waals surface area contributed by atoms with Gasteiger partial charge in [0.2, 0.25) is 0 Å². The van der Waals surface area contributed by atoms with Crippen LogP contribution in [0.25, 0.3) is 11.0 Å². The van der Waals surface area contributed by atoms with Crippen LogP contribution in [0.1, 0.15) is 18.0 Å². The molecule has 102 valence electrons. The number of nitrogens with zero attached hydrogens (tertiary/aromatic N) is 3. The van der Waals surface area contributed by atoms with E-state index < -0.39 is 12.4 Å². The zero-order chi connectivity index (χ0) is 13.6. The quantitative estimate of drug-likeness (QED) is 0.821. The minimum absolute atomic E-state index is 0.0248. The number of alkyl halides is 3. The van der Waals surface area contributed by atoms with Crippen molar-refractivity contribution in [3.05, 3.63) is 24.0 Å². The maximum absolute atomic E-state index is 12.9. The molecule has 0 bridgehead atoms. The van der Waals surface area contributed by atoms with E-state index in [-0.39, 0.29) is 21.8 Å². The van der Waals surface area contributed by atoms with E-state index >= 15 is 0 Å². The largest absolute Gasteiger partial charge is 0.505 e. The lowest BCUT2D eigenvalue weighted by Crippen LogP contribution is -2.21. The van der Waals surface area contributed by atoms with Crippen molar-refractivity contribution in [2.75, 3.05) is 6.54 Å². The maximum atomic E-state index is 12.9. The third-order valence-electron chi connectivity index (χ3n) is 3.21. The van der Waals surface area contributed by atoms with E-state index in [1.54, 1.807) is 0 Å². The second-order valence-corrected chi connectivity index (χ2v) is 4.51. The molecule has 0 aromatic carbocycles. The number of β-amino-alcohol motifs (C(OH)–C–C–N with tert-alkyl or cyclic N) is 1. The van der Waals surface area contributed by atoms with Gasteiger partial charge in [0.05, 0.1) is 12.3 Å². The molecule has 1 fully saturated rings. The van der Waals surface area contributed by atoms with Gasteiger partial charge in [0, 0.05) is 18.8 Å². The van der Waals surface area contributed by atoms with Crippen molar-refractivity contribution in [3.63, 3.8) is 0 Å². The Hall–Kier alpha value is -1.67. The van der Waals surface area contributed by atoms with E-state index in [2.05, 4.69) is 15.4 Å². The number of fused-ring (bicyclic) bond motifs is 1. The first-order chi connectivity index (χ1) is 8.97. The Morgan fingerprint density at radius 3 is 2.84 bits per heavy atom. The van der Waals surface area contributed by atoms with Crippen molar-refractivity contribution in [1.82, 2.24) is 20.1 Å². The van der Waals surface area contributed by atoms with Crippen molar-refractivity contribution in [2.24, 2.45) is 0 Å². The number of hydrogen-bond donors (Lipinski definition) is 2. The monoisotopic (exact) mass is 272 g/mol. The summed E-state index contributed by atoms with van der Waals surface area (Å²) in [5.41, 5.74) is 0.594. The lowest BCUT2D eigenvalue weighted by molar-refractivity contribution is -0.209. The smallest absolute Gasteiger partial charge is 0.392 e. The van der Waals surface area contributed by atoms with E-state index in [0.717, 1.165) is 6.20 Å². The number of hydrogen-bond acceptors (Lipinski definition) is 4. The summed E-state index contributed by atoms with van der Waals surface area (Å²) in [5, 5.41) is 15.8. The van der Waals surface area contributed by atoms with Gasteiger partial charge in [-0.3, -0.25) is 4.98 Å². The van der Waals surface area contributed by atoms with Crippen molar-refractivity contribution >= 4 is 11.0 Å². The Morgan fingerprint density at radius 1 is 1.42 bits per heavy atom. The summed E-state index contributed by atoms with van der Waals surface area (Å²) >= 11 is 0. The summed E-state index contributed by atoms with van der Waals surface area (Å²) in [6, 6.07) is 1.21. The molecule has 19 heavy (non-hydrogen) atoms. The molecule has 0 amide bonds. The van der Waals surface area contributed by atoms with Crippen molar-refractivity contribution in [2.45, 2.75) is 24.9 Å². The average Bonchev–Trinajstić information content (AvgIpc) is 2.93. The highest BCUT2D eigenvalue weighted by Crippen LogP contribution is 2.33. The van der Waals surface area contributed by atoms with Crippen LogP contribution in [0.2, 0.25) is 0 Å². The molecular formula is C11H11F3N4O. The molecule has 1 aliphatic heterocycles. The highest BCUT2D eigenvalue weighted by molar-refractivity contribution is 5.78. The molecule has 1 aliphatic rings. The fraction of sp³-hybridized carbons (Fsp3) is 0.455. The summed E-state index contributed by atoms with van der Waals surface area (Å²) in [6.07, 6.45) is -2.21. The van der Waals surface area contributed by atoms with E-state index in [1.165, 1.54) is 12.3 Å². The zero-order valence-corrected chi connectivity index (χ0v) is 9.72. The fourth-order valence-corrected chi connectivity index (χ4v) is 2.41. The SMILES string of the molecule is OC1CNC(c2ccnc3cnn(C(F)(F)F)c23)C1. The van der Waals surface area contributed by atoms with Gasteiger partial charge in [0.25, 0.3) is 0 Å². The van der Waals surface area contributed by atoms with Gasteiger partial charge < -0.3 is 10.4 Å². The molecule has 1 saturated heterocycles. The highest BCUT2D eigenvalue weighted by Gasteiger charge is 2.36. The molecule has 0 radical (unpaired) electrons. The molecule has 2 aromatic rings. The number of aromatic nitrogens is 3. The molecule has 2 aromatic heterocycles. The lowest BCUT2D eigenvalue weighted by Gasteiger charge is -2.14. The molecular weight excluding hydrogens is 261 g/mol. The Balaban J connectivity index is 2.16. The molecule has 3 heterocycles. The summed E-state index contributed by atoms with van der Waals surface area (Å²) in [6.45, 7) is 0.370. The molecule has 0 saturated carbocycles. The molecule has 2 N–H and O–H groups in total. The van der Waals surface area contributed by atoms with Gasteiger partial charge in [0.15, 0.2) is 0 Å². The average molecular weight is 272 g/mol. The first-order valence-electron chi connectivity index (χ1n) is 5.78. The number of aliphatic hydroxyl groups is 1. The second-order valence-electron chi connectivity index (χ2n) is 4.51. The first-order valence-corrected chi connectivity index (χ1v) is 5.78. The van der Waals surface area contributed by atoms with Crippen LogP contribution in [0.5, 0.6) is 0 Å². The van der Waals surface area contributed by atoms with Crippen molar-refractivity contribution in [3.8, 4) is 0 Å². The van der Waals surface area contributed by atoms with Gasteiger partial charge in [-0.2, -0.15) is 9.78 Å². The van der Waals surface area contributed by atoms with Gasteiger partial charge in [-0.05, 0) is 18.1 Å². The van der Waals surface area contributed by atoms with Crippen LogP contribution in [0.4, 0.5) is 13.2 Å². The van der Waals surface area contributed by atoms with Crippen LogP contribution in [0.3, 0.4) is 0 Å². The fourth-order valence-electron chi connectivity index (χ4n) is 2.41. The first kappa shape index (κ1) is 12.4. The summed E-state index contributed by atoms with van der Waals surface area (Å²) < 4.78 is 38.7. The number of nitrogens with one attached hydrogen (secondary N) is 1.